The molecule has 2 aromatic carbocycles. The molecule has 1 aliphatic rings. The van der Waals surface area contributed by atoms with Crippen LogP contribution in [0.25, 0.3) is 0 Å². The van der Waals surface area contributed by atoms with Crippen LogP contribution in [0.5, 0.6) is 5.75 Å². The van der Waals surface area contributed by atoms with E-state index in [1.165, 1.54) is 0 Å². The van der Waals surface area contributed by atoms with Crippen molar-refractivity contribution in [3.8, 4) is 5.75 Å². The third kappa shape index (κ3) is 1.72. The SMILES string of the molecule is COc1ccc2c(c1)Cc1ccccc1[S+]2[O-]. The molecule has 0 spiro atoms. The van der Waals surface area contributed by atoms with E-state index in [1.807, 2.05) is 42.5 Å². The number of fused-ring (bicyclic) bond motifs is 2. The van der Waals surface area contributed by atoms with Crippen LogP contribution in [0.1, 0.15) is 11.1 Å². The largest absolute Gasteiger partial charge is 0.606 e. The molecule has 3 rings (SSSR count). The Morgan fingerprint density at radius 3 is 2.65 bits per heavy atom. The van der Waals surface area contributed by atoms with Gasteiger partial charge in [0.1, 0.15) is 5.75 Å². The zero-order valence-corrected chi connectivity index (χ0v) is 10.3. The standard InChI is InChI=1S/C14H12O2S/c1-16-12-6-7-14-11(9-12)8-10-4-2-3-5-13(10)17(14)15/h2-7,9H,8H2,1H3. The van der Waals surface area contributed by atoms with E-state index < -0.39 is 11.2 Å². The lowest BCUT2D eigenvalue weighted by Crippen LogP contribution is -2.14. The van der Waals surface area contributed by atoms with Crippen LogP contribution in [-0.2, 0) is 17.6 Å². The Labute approximate surface area is 103 Å². The molecule has 0 bridgehead atoms. The van der Waals surface area contributed by atoms with Gasteiger partial charge in [-0.1, -0.05) is 18.2 Å². The molecule has 0 radical (unpaired) electrons. The predicted octanol–water partition coefficient (Wildman–Crippen LogP) is 2.77. The molecule has 0 amide bonds. The Morgan fingerprint density at radius 2 is 1.82 bits per heavy atom. The number of rotatable bonds is 1. The molecular weight excluding hydrogens is 232 g/mol. The molecule has 0 aliphatic carbocycles. The minimum absolute atomic E-state index is 0.820. The average molecular weight is 244 g/mol. The van der Waals surface area contributed by atoms with Crippen LogP contribution in [0.4, 0.5) is 0 Å². The fraction of sp³-hybridized carbons (Fsp3) is 0.143. The molecule has 1 unspecified atom stereocenters. The maximum absolute atomic E-state index is 12.4. The summed E-state index contributed by atoms with van der Waals surface area (Å²) >= 11 is -1.06. The van der Waals surface area contributed by atoms with Crippen molar-refractivity contribution >= 4 is 11.2 Å². The summed E-state index contributed by atoms with van der Waals surface area (Å²) < 4.78 is 17.6. The molecule has 1 atom stereocenters. The first-order valence-electron chi connectivity index (χ1n) is 5.46. The maximum atomic E-state index is 12.4. The Balaban J connectivity index is 2.12. The van der Waals surface area contributed by atoms with Crippen LogP contribution in [0.2, 0.25) is 0 Å². The van der Waals surface area contributed by atoms with Crippen molar-refractivity contribution in [1.82, 2.24) is 0 Å². The lowest BCUT2D eigenvalue weighted by Gasteiger charge is -2.21. The van der Waals surface area contributed by atoms with Gasteiger partial charge < -0.3 is 9.29 Å². The third-order valence-corrected chi connectivity index (χ3v) is 4.62. The van der Waals surface area contributed by atoms with E-state index in [9.17, 15) is 4.55 Å². The fourth-order valence-electron chi connectivity index (χ4n) is 2.16. The first kappa shape index (κ1) is 10.7. The van der Waals surface area contributed by atoms with Crippen molar-refractivity contribution in [3.05, 3.63) is 53.6 Å². The molecule has 0 saturated heterocycles. The molecule has 3 heteroatoms. The number of methoxy groups -OCH3 is 1. The van der Waals surface area contributed by atoms with E-state index in [1.54, 1.807) is 7.11 Å². The average Bonchev–Trinajstić information content (AvgIpc) is 2.38. The highest BCUT2D eigenvalue weighted by Gasteiger charge is 2.28. The van der Waals surface area contributed by atoms with E-state index in [2.05, 4.69) is 0 Å². The van der Waals surface area contributed by atoms with Gasteiger partial charge in [0.25, 0.3) is 0 Å². The van der Waals surface area contributed by atoms with E-state index in [0.29, 0.717) is 0 Å². The molecular formula is C14H12O2S. The Kier molecular flexibility index (Phi) is 2.57. The van der Waals surface area contributed by atoms with Crippen LogP contribution in [0.3, 0.4) is 0 Å². The summed E-state index contributed by atoms with van der Waals surface area (Å²) in [7, 11) is 1.65. The Hall–Kier alpha value is -1.45. The summed E-state index contributed by atoms with van der Waals surface area (Å²) in [5.74, 6) is 0.820. The molecule has 0 saturated carbocycles. The lowest BCUT2D eigenvalue weighted by molar-refractivity contribution is 0.414. The summed E-state index contributed by atoms with van der Waals surface area (Å²) in [6.07, 6.45) is 0.828. The Bertz CT molecular complexity index is 566. The quantitative estimate of drug-likeness (QED) is 0.722. The van der Waals surface area contributed by atoms with Crippen LogP contribution in [0, 0.1) is 0 Å². The van der Waals surface area contributed by atoms with E-state index >= 15 is 0 Å². The third-order valence-electron chi connectivity index (χ3n) is 3.02. The summed E-state index contributed by atoms with van der Waals surface area (Å²) in [6, 6.07) is 13.6. The number of hydrogen-bond acceptors (Lipinski definition) is 2. The first-order chi connectivity index (χ1) is 8.29. The zero-order valence-electron chi connectivity index (χ0n) is 9.47. The molecule has 0 N–H and O–H groups in total. The second-order valence-electron chi connectivity index (χ2n) is 4.03. The van der Waals surface area contributed by atoms with Gasteiger partial charge in [-0.25, -0.2) is 0 Å². The monoisotopic (exact) mass is 244 g/mol. The molecule has 2 aromatic rings. The molecule has 1 aliphatic heterocycles. The smallest absolute Gasteiger partial charge is 0.162 e. The van der Waals surface area contributed by atoms with Gasteiger partial charge in [0.2, 0.25) is 0 Å². The minimum atomic E-state index is -1.06. The number of hydrogen-bond donors (Lipinski definition) is 0. The molecule has 17 heavy (non-hydrogen) atoms. The summed E-state index contributed by atoms with van der Waals surface area (Å²) in [5, 5.41) is 0. The van der Waals surface area contributed by atoms with E-state index in [4.69, 9.17) is 4.74 Å². The fourth-order valence-corrected chi connectivity index (χ4v) is 3.53. The highest BCUT2D eigenvalue weighted by Crippen LogP contribution is 2.35. The van der Waals surface area contributed by atoms with Crippen molar-refractivity contribution in [1.29, 1.82) is 0 Å². The molecule has 1 heterocycles. The van der Waals surface area contributed by atoms with Crippen molar-refractivity contribution in [2.75, 3.05) is 7.11 Å². The topological polar surface area (TPSA) is 32.3 Å². The second kappa shape index (κ2) is 4.09. The molecule has 86 valence electrons. The van der Waals surface area contributed by atoms with Gasteiger partial charge in [-0.15, -0.1) is 0 Å². The van der Waals surface area contributed by atoms with Crippen LogP contribution >= 0.6 is 0 Å². The highest BCUT2D eigenvalue weighted by molar-refractivity contribution is 7.91. The van der Waals surface area contributed by atoms with Gasteiger partial charge >= 0.3 is 0 Å². The molecule has 0 aromatic heterocycles. The van der Waals surface area contributed by atoms with Gasteiger partial charge in [0, 0.05) is 28.7 Å². The molecule has 2 nitrogen and oxygen atoms in total. The van der Waals surface area contributed by atoms with Crippen LogP contribution < -0.4 is 4.74 Å². The van der Waals surface area contributed by atoms with Gasteiger partial charge in [-0.2, -0.15) is 0 Å². The van der Waals surface area contributed by atoms with E-state index in [-0.39, 0.29) is 0 Å². The van der Waals surface area contributed by atoms with Gasteiger partial charge in [-0.05, 0) is 24.3 Å². The lowest BCUT2D eigenvalue weighted by atomic mass is 10.0. The number of benzene rings is 2. The van der Waals surface area contributed by atoms with Gasteiger partial charge in [-0.3, -0.25) is 0 Å². The molecule has 0 fully saturated rings. The zero-order chi connectivity index (χ0) is 11.8. The summed E-state index contributed by atoms with van der Waals surface area (Å²) in [6.45, 7) is 0. The summed E-state index contributed by atoms with van der Waals surface area (Å²) in [4.78, 5) is 1.84. The van der Waals surface area contributed by atoms with Crippen molar-refractivity contribution in [3.63, 3.8) is 0 Å². The van der Waals surface area contributed by atoms with Crippen LogP contribution in [0.15, 0.2) is 52.3 Å². The van der Waals surface area contributed by atoms with Gasteiger partial charge in [0.05, 0.1) is 7.11 Å². The minimum Gasteiger partial charge on any atom is -0.606 e. The van der Waals surface area contributed by atoms with E-state index in [0.717, 1.165) is 33.1 Å². The number of ether oxygens (including phenoxy) is 1. The predicted molar refractivity (Wildman–Crippen MR) is 66.9 cm³/mol. The highest BCUT2D eigenvalue weighted by atomic mass is 32.2. The second-order valence-corrected chi connectivity index (χ2v) is 5.44. The van der Waals surface area contributed by atoms with Gasteiger partial charge in [0.15, 0.2) is 9.79 Å². The van der Waals surface area contributed by atoms with Crippen molar-refractivity contribution < 1.29 is 9.29 Å². The van der Waals surface area contributed by atoms with Crippen molar-refractivity contribution in [2.45, 2.75) is 16.2 Å². The van der Waals surface area contributed by atoms with Crippen molar-refractivity contribution in [2.24, 2.45) is 0 Å². The van der Waals surface area contributed by atoms with Crippen LogP contribution in [-0.4, -0.2) is 11.7 Å². The maximum Gasteiger partial charge on any atom is 0.162 e. The summed E-state index contributed by atoms with van der Waals surface area (Å²) in [5.41, 5.74) is 2.24. The Morgan fingerprint density at radius 1 is 1.06 bits per heavy atom. The first-order valence-corrected chi connectivity index (χ1v) is 6.61. The normalized spacial score (nSPS) is 17.2.